The molecule has 1 heterocycles. The Balaban J connectivity index is 0.00000361. The average molecular weight is 613 g/mol. The molecule has 2 amide bonds. The van der Waals surface area contributed by atoms with Crippen LogP contribution in [-0.2, 0) is 15.3 Å². The van der Waals surface area contributed by atoms with Gasteiger partial charge in [-0.25, -0.2) is 0 Å². The highest BCUT2D eigenvalue weighted by Gasteiger charge is 2.20. The Labute approximate surface area is 246 Å². The third kappa shape index (κ3) is 10.8. The summed E-state index contributed by atoms with van der Waals surface area (Å²) in [4.78, 5) is 24.3. The summed E-state index contributed by atoms with van der Waals surface area (Å²) in [7, 11) is 0. The first-order valence-electron chi connectivity index (χ1n) is 10.6. The van der Waals surface area contributed by atoms with E-state index in [0.717, 1.165) is 11.8 Å². The fourth-order valence-electron chi connectivity index (χ4n) is 2.81. The summed E-state index contributed by atoms with van der Waals surface area (Å²) in [5.41, 5.74) is 0.904. The molecule has 15 heteroatoms. The van der Waals surface area contributed by atoms with E-state index in [4.69, 9.17) is 10.8 Å². The van der Waals surface area contributed by atoms with Crippen LogP contribution in [0.4, 0.5) is 5.13 Å². The Morgan fingerprint density at radius 2 is 1.45 bits per heavy atom. The maximum Gasteiger partial charge on any atom is 0.259 e. The van der Waals surface area contributed by atoms with Gasteiger partial charge >= 0.3 is 0 Å². The molecule has 0 unspecified atom stereocenters. The smallest absolute Gasteiger partial charge is 0.259 e. The van der Waals surface area contributed by atoms with Crippen LogP contribution in [0.5, 0.6) is 0 Å². The Morgan fingerprint density at radius 1 is 0.895 bits per heavy atom. The molecule has 38 heavy (non-hydrogen) atoms. The van der Waals surface area contributed by atoms with Gasteiger partial charge in [0, 0.05) is 12.2 Å². The van der Waals surface area contributed by atoms with Crippen LogP contribution >= 0.6 is 61.9 Å². The first kappa shape index (κ1) is 33.6. The number of carbonyl (C=O) groups excluding carboxylic acids is 2. The van der Waals surface area contributed by atoms with Crippen LogP contribution in [0.3, 0.4) is 0 Å². The van der Waals surface area contributed by atoms with E-state index in [2.05, 4.69) is 20.8 Å². The first-order valence-corrected chi connectivity index (χ1v) is 13.4. The van der Waals surface area contributed by atoms with Gasteiger partial charge in [-0.2, -0.15) is 38.8 Å². The highest BCUT2D eigenvalue weighted by atomic mass is 32.2. The van der Waals surface area contributed by atoms with Gasteiger partial charge in [0.15, 0.2) is 17.4 Å². The molecule has 0 radical (unpaired) electrons. The molecule has 0 spiro atoms. The van der Waals surface area contributed by atoms with E-state index >= 15 is 0 Å². The van der Waals surface area contributed by atoms with Crippen LogP contribution in [0, 0.1) is 10.8 Å². The number of rotatable bonds is 10. The van der Waals surface area contributed by atoms with Gasteiger partial charge in [-0.3, -0.25) is 25.7 Å². The van der Waals surface area contributed by atoms with Gasteiger partial charge < -0.3 is 15.5 Å². The summed E-state index contributed by atoms with van der Waals surface area (Å²) < 4.78 is 0. The van der Waals surface area contributed by atoms with Crippen LogP contribution in [-0.4, -0.2) is 48.2 Å². The third-order valence-electron chi connectivity index (χ3n) is 4.59. The van der Waals surface area contributed by atoms with Crippen LogP contribution in [0.25, 0.3) is 0 Å². The largest absolute Gasteiger partial charge is 0.378 e. The zero-order chi connectivity index (χ0) is 25.9. The molecule has 1 aromatic heterocycles. The molecule has 0 fully saturated rings. The molecule has 0 saturated carbocycles. The van der Waals surface area contributed by atoms with Gasteiger partial charge in [0.25, 0.3) is 11.8 Å². The molecule has 0 aliphatic rings. The highest BCUT2D eigenvalue weighted by Crippen LogP contribution is 2.23. The lowest BCUT2D eigenvalue weighted by Crippen LogP contribution is -2.33. The number of nitrogens with one attached hydrogen (secondary N) is 4. The number of amidine groups is 1. The second-order valence-electron chi connectivity index (χ2n) is 7.26. The third-order valence-corrected chi connectivity index (χ3v) is 7.33. The van der Waals surface area contributed by atoms with Crippen molar-refractivity contribution in [1.82, 2.24) is 15.5 Å². The van der Waals surface area contributed by atoms with E-state index in [0.29, 0.717) is 34.1 Å². The summed E-state index contributed by atoms with van der Waals surface area (Å²) in [6.45, 7) is 0. The standard InChI is InChI=1S/C23H24N6O4S3.2H2S/c24-16(35-22(25)26-20(32)18(30)14-7-3-1-4-8-14)11-12-34-13-17-28-29-23(36-17)27-21(33)19(31)15-9-5-2-6-10-15;;/h1-10,18-19,24,30-31H,11-13H2,(H2,25,26,32)(H,27,29,33);2*1H2/t18-,19-;;/m0../s1. The zero-order valence-electron chi connectivity index (χ0n) is 19.9. The lowest BCUT2D eigenvalue weighted by atomic mass is 10.1. The lowest BCUT2D eigenvalue weighted by Gasteiger charge is -2.12. The Bertz CT molecular complexity index is 1200. The van der Waals surface area contributed by atoms with E-state index in [-0.39, 0.29) is 42.3 Å². The number of benzene rings is 2. The SMILES string of the molecule is N=C(CCSCc1nnc(NC(=O)[C@@H](O)c2ccccc2)s1)SC(=N)NC(=O)[C@@H](O)c1ccccc1.S.S. The van der Waals surface area contributed by atoms with E-state index in [1.54, 1.807) is 60.7 Å². The normalized spacial score (nSPS) is 11.7. The van der Waals surface area contributed by atoms with Crippen LogP contribution in [0.2, 0.25) is 0 Å². The molecule has 0 aliphatic carbocycles. The first-order chi connectivity index (χ1) is 17.3. The molecule has 204 valence electrons. The summed E-state index contributed by atoms with van der Waals surface area (Å²) in [5, 5.41) is 49.8. The quantitative estimate of drug-likeness (QED) is 0.115. The number of anilines is 1. The number of aliphatic hydroxyl groups is 2. The maximum absolute atomic E-state index is 12.2. The fourth-order valence-corrected chi connectivity index (χ4v) is 5.29. The Hall–Kier alpha value is -2.40. The molecule has 2 atom stereocenters. The maximum atomic E-state index is 12.2. The number of aromatic nitrogens is 2. The Kier molecular flexibility index (Phi) is 15.3. The van der Waals surface area contributed by atoms with E-state index in [1.165, 1.54) is 23.1 Å². The van der Waals surface area contributed by atoms with Crippen molar-refractivity contribution in [2.24, 2.45) is 0 Å². The second-order valence-corrected chi connectivity index (χ2v) is 10.5. The van der Waals surface area contributed by atoms with Crippen molar-refractivity contribution < 1.29 is 19.8 Å². The van der Waals surface area contributed by atoms with Gasteiger partial charge in [0.2, 0.25) is 5.13 Å². The topological polar surface area (TPSA) is 172 Å². The number of thioether (sulfide) groups is 2. The minimum atomic E-state index is -1.39. The molecule has 6 N–H and O–H groups in total. The molecule has 3 aromatic rings. The molecule has 3 rings (SSSR count). The van der Waals surface area contributed by atoms with Crippen molar-refractivity contribution in [3.63, 3.8) is 0 Å². The van der Waals surface area contributed by atoms with Gasteiger partial charge in [-0.15, -0.1) is 10.2 Å². The number of aliphatic hydroxyl groups excluding tert-OH is 2. The minimum absolute atomic E-state index is 0. The van der Waals surface area contributed by atoms with Crippen molar-refractivity contribution >= 4 is 89.0 Å². The van der Waals surface area contributed by atoms with Gasteiger partial charge in [0.05, 0.1) is 5.04 Å². The van der Waals surface area contributed by atoms with Crippen molar-refractivity contribution in [2.45, 2.75) is 24.4 Å². The summed E-state index contributed by atoms with van der Waals surface area (Å²) >= 11 is 3.52. The van der Waals surface area contributed by atoms with Crippen molar-refractivity contribution in [3.05, 3.63) is 76.8 Å². The summed E-state index contributed by atoms with van der Waals surface area (Å²) in [5.74, 6) is -0.220. The number of amides is 2. The predicted octanol–water partition coefficient (Wildman–Crippen LogP) is 3.55. The molecule has 0 saturated heterocycles. The second kappa shape index (κ2) is 17.2. The van der Waals surface area contributed by atoms with E-state index in [9.17, 15) is 19.8 Å². The van der Waals surface area contributed by atoms with Crippen molar-refractivity contribution in [1.29, 1.82) is 10.8 Å². The predicted molar refractivity (Wildman–Crippen MR) is 164 cm³/mol. The summed E-state index contributed by atoms with van der Waals surface area (Å²) in [6, 6.07) is 17.0. The minimum Gasteiger partial charge on any atom is -0.378 e. The van der Waals surface area contributed by atoms with Crippen LogP contribution in [0.1, 0.15) is 34.8 Å². The van der Waals surface area contributed by atoms with E-state index in [1.807, 2.05) is 0 Å². The number of nitrogens with zero attached hydrogens (tertiary/aromatic N) is 2. The number of hydrogen-bond acceptors (Lipinski definition) is 11. The fraction of sp³-hybridized carbons (Fsp3) is 0.217. The van der Waals surface area contributed by atoms with E-state index < -0.39 is 24.0 Å². The molecule has 0 aliphatic heterocycles. The van der Waals surface area contributed by atoms with Gasteiger partial charge in [0.1, 0.15) is 5.01 Å². The van der Waals surface area contributed by atoms with Gasteiger partial charge in [-0.1, -0.05) is 72.0 Å². The number of carbonyl (C=O) groups is 2. The van der Waals surface area contributed by atoms with Gasteiger partial charge in [-0.05, 0) is 28.6 Å². The molecule has 2 aromatic carbocycles. The molecule has 10 nitrogen and oxygen atoms in total. The monoisotopic (exact) mass is 612 g/mol. The average Bonchev–Trinajstić information content (AvgIpc) is 3.33. The van der Waals surface area contributed by atoms with Crippen LogP contribution < -0.4 is 10.6 Å². The summed E-state index contributed by atoms with van der Waals surface area (Å²) in [6.07, 6.45) is -2.32. The van der Waals surface area contributed by atoms with Crippen LogP contribution in [0.15, 0.2) is 60.7 Å². The molecular formula is C23H28N6O4S5. The Morgan fingerprint density at radius 3 is 2.03 bits per heavy atom. The van der Waals surface area contributed by atoms with Crippen molar-refractivity contribution in [2.75, 3.05) is 11.1 Å². The number of hydrogen-bond donors (Lipinski definition) is 6. The lowest BCUT2D eigenvalue weighted by molar-refractivity contribution is -0.128. The highest BCUT2D eigenvalue weighted by molar-refractivity contribution is 8.26. The zero-order valence-corrected chi connectivity index (χ0v) is 24.3. The molecule has 0 bridgehead atoms. The molecular weight excluding hydrogens is 585 g/mol. The van der Waals surface area contributed by atoms with Crippen molar-refractivity contribution in [3.8, 4) is 0 Å².